The molecule has 0 aromatic carbocycles. The maximum atomic E-state index is 11.9. The zero-order chi connectivity index (χ0) is 16.2. The molecule has 7 heteroatoms. The van der Waals surface area contributed by atoms with Gasteiger partial charge >= 0.3 is 0 Å². The van der Waals surface area contributed by atoms with E-state index in [-0.39, 0.29) is 24.2 Å². The second kappa shape index (κ2) is 7.38. The van der Waals surface area contributed by atoms with Crippen LogP contribution in [-0.4, -0.2) is 28.6 Å². The van der Waals surface area contributed by atoms with E-state index in [4.69, 9.17) is 0 Å². The molecule has 6 nitrogen and oxygen atoms in total. The van der Waals surface area contributed by atoms with E-state index in [1.54, 1.807) is 0 Å². The van der Waals surface area contributed by atoms with Gasteiger partial charge in [0.05, 0.1) is 0 Å². The SMILES string of the molecule is CC1CC1C(=O)NCCC(=O)Nc1nnc(CC2CCCC2)s1. The monoisotopic (exact) mass is 336 g/mol. The van der Waals surface area contributed by atoms with E-state index in [2.05, 4.69) is 27.8 Å². The van der Waals surface area contributed by atoms with Gasteiger partial charge in [0.1, 0.15) is 5.01 Å². The largest absolute Gasteiger partial charge is 0.355 e. The molecule has 23 heavy (non-hydrogen) atoms. The number of carbonyl (C=O) groups is 2. The quantitative estimate of drug-likeness (QED) is 0.800. The molecule has 1 aromatic heterocycles. The first-order valence-corrected chi connectivity index (χ1v) is 9.33. The molecule has 0 spiro atoms. The van der Waals surface area contributed by atoms with Gasteiger partial charge in [0, 0.05) is 25.3 Å². The van der Waals surface area contributed by atoms with Crippen LogP contribution in [-0.2, 0) is 16.0 Å². The van der Waals surface area contributed by atoms with Crippen molar-refractivity contribution in [2.24, 2.45) is 17.8 Å². The molecular weight excluding hydrogens is 312 g/mol. The Morgan fingerprint density at radius 1 is 1.26 bits per heavy atom. The number of aromatic nitrogens is 2. The number of hydrogen-bond acceptors (Lipinski definition) is 5. The van der Waals surface area contributed by atoms with Crippen LogP contribution in [0.25, 0.3) is 0 Å². The van der Waals surface area contributed by atoms with Crippen LogP contribution in [0.15, 0.2) is 0 Å². The molecule has 2 amide bonds. The minimum atomic E-state index is -0.127. The fourth-order valence-electron chi connectivity index (χ4n) is 3.15. The number of carbonyl (C=O) groups excluding carboxylic acids is 2. The van der Waals surface area contributed by atoms with E-state index in [0.29, 0.717) is 17.6 Å². The highest BCUT2D eigenvalue weighted by atomic mass is 32.1. The molecule has 1 heterocycles. The van der Waals surface area contributed by atoms with Gasteiger partial charge in [-0.2, -0.15) is 0 Å². The topological polar surface area (TPSA) is 84.0 Å². The lowest BCUT2D eigenvalue weighted by Crippen LogP contribution is -2.29. The van der Waals surface area contributed by atoms with Gasteiger partial charge in [-0.1, -0.05) is 43.9 Å². The standard InChI is InChI=1S/C16H24N4O2S/c1-10-8-12(10)15(22)17-7-6-13(21)18-16-20-19-14(23-16)9-11-4-2-3-5-11/h10-12H,2-9H2,1H3,(H,17,22)(H,18,20,21). The highest BCUT2D eigenvalue weighted by Gasteiger charge is 2.38. The van der Waals surface area contributed by atoms with Crippen molar-refractivity contribution in [1.82, 2.24) is 15.5 Å². The predicted molar refractivity (Wildman–Crippen MR) is 89.1 cm³/mol. The molecule has 2 N–H and O–H groups in total. The van der Waals surface area contributed by atoms with Crippen LogP contribution in [0.2, 0.25) is 0 Å². The number of nitrogens with one attached hydrogen (secondary N) is 2. The molecule has 1 aromatic rings. The molecule has 0 saturated heterocycles. The lowest BCUT2D eigenvalue weighted by atomic mass is 10.1. The van der Waals surface area contributed by atoms with Gasteiger partial charge in [0.25, 0.3) is 0 Å². The van der Waals surface area contributed by atoms with Crippen molar-refractivity contribution in [3.05, 3.63) is 5.01 Å². The zero-order valence-corrected chi connectivity index (χ0v) is 14.3. The first-order valence-electron chi connectivity index (χ1n) is 8.51. The van der Waals surface area contributed by atoms with E-state index in [1.807, 2.05) is 0 Å². The fourth-order valence-corrected chi connectivity index (χ4v) is 4.02. The summed E-state index contributed by atoms with van der Waals surface area (Å²) in [6.07, 6.45) is 7.40. The Balaban J connectivity index is 1.36. The van der Waals surface area contributed by atoms with Crippen LogP contribution in [0.5, 0.6) is 0 Å². The Labute approximate surface area is 140 Å². The molecule has 2 fully saturated rings. The van der Waals surface area contributed by atoms with Crippen molar-refractivity contribution in [1.29, 1.82) is 0 Å². The number of anilines is 1. The van der Waals surface area contributed by atoms with Crippen molar-refractivity contribution in [3.63, 3.8) is 0 Å². The van der Waals surface area contributed by atoms with Crippen LogP contribution in [0.4, 0.5) is 5.13 Å². The van der Waals surface area contributed by atoms with Gasteiger partial charge in [0.15, 0.2) is 0 Å². The number of nitrogens with zero attached hydrogens (tertiary/aromatic N) is 2. The van der Waals surface area contributed by atoms with Crippen LogP contribution >= 0.6 is 11.3 Å². The summed E-state index contributed by atoms with van der Waals surface area (Å²) in [6, 6.07) is 0. The first-order chi connectivity index (χ1) is 11.1. The zero-order valence-electron chi connectivity index (χ0n) is 13.5. The maximum absolute atomic E-state index is 11.9. The van der Waals surface area contributed by atoms with Crippen LogP contribution in [0.3, 0.4) is 0 Å². The van der Waals surface area contributed by atoms with Crippen molar-refractivity contribution < 1.29 is 9.59 Å². The third-order valence-corrected chi connectivity index (χ3v) is 5.61. The second-order valence-electron chi connectivity index (χ2n) is 6.76. The van der Waals surface area contributed by atoms with Gasteiger partial charge < -0.3 is 10.6 Å². The highest BCUT2D eigenvalue weighted by Crippen LogP contribution is 2.37. The molecular formula is C16H24N4O2S. The number of rotatable bonds is 7. The van der Waals surface area contributed by atoms with Crippen molar-refractivity contribution in [2.75, 3.05) is 11.9 Å². The predicted octanol–water partition coefficient (Wildman–Crippen LogP) is 2.37. The van der Waals surface area contributed by atoms with Gasteiger partial charge in [0.2, 0.25) is 16.9 Å². The molecule has 2 atom stereocenters. The Hall–Kier alpha value is -1.50. The summed E-state index contributed by atoms with van der Waals surface area (Å²) in [7, 11) is 0. The summed E-state index contributed by atoms with van der Waals surface area (Å²) in [4.78, 5) is 23.5. The summed E-state index contributed by atoms with van der Waals surface area (Å²) < 4.78 is 0. The first kappa shape index (κ1) is 16.4. The van der Waals surface area contributed by atoms with Gasteiger partial charge in [-0.3, -0.25) is 9.59 Å². The smallest absolute Gasteiger partial charge is 0.227 e. The molecule has 0 bridgehead atoms. The summed E-state index contributed by atoms with van der Waals surface area (Å²) in [5.41, 5.74) is 0. The average Bonchev–Trinajstić information content (AvgIpc) is 2.92. The number of amides is 2. The van der Waals surface area contributed by atoms with E-state index in [0.717, 1.165) is 23.8 Å². The van der Waals surface area contributed by atoms with Crippen molar-refractivity contribution >= 4 is 28.3 Å². The minimum absolute atomic E-state index is 0.0695. The van der Waals surface area contributed by atoms with Gasteiger partial charge in [-0.25, -0.2) is 0 Å². The third-order valence-electron chi connectivity index (χ3n) is 4.75. The molecule has 2 aliphatic carbocycles. The summed E-state index contributed by atoms with van der Waals surface area (Å²) in [5, 5.41) is 15.3. The maximum Gasteiger partial charge on any atom is 0.227 e. The molecule has 0 radical (unpaired) electrons. The Kier molecular flexibility index (Phi) is 5.25. The summed E-state index contributed by atoms with van der Waals surface area (Å²) in [6.45, 7) is 2.44. The summed E-state index contributed by atoms with van der Waals surface area (Å²) >= 11 is 1.46. The Morgan fingerprint density at radius 2 is 2.00 bits per heavy atom. The van der Waals surface area contributed by atoms with E-state index < -0.39 is 0 Å². The molecule has 2 saturated carbocycles. The van der Waals surface area contributed by atoms with Crippen LogP contribution in [0, 0.1) is 17.8 Å². The van der Waals surface area contributed by atoms with Gasteiger partial charge in [-0.15, -0.1) is 10.2 Å². The molecule has 3 rings (SSSR count). The van der Waals surface area contributed by atoms with Crippen molar-refractivity contribution in [2.45, 2.75) is 51.9 Å². The Bertz CT molecular complexity index is 568. The van der Waals surface area contributed by atoms with E-state index >= 15 is 0 Å². The Morgan fingerprint density at radius 3 is 2.70 bits per heavy atom. The second-order valence-corrected chi connectivity index (χ2v) is 7.83. The molecule has 2 unspecified atom stereocenters. The summed E-state index contributed by atoms with van der Waals surface area (Å²) in [5.74, 6) is 1.31. The third kappa shape index (κ3) is 4.73. The molecule has 2 aliphatic rings. The molecule has 126 valence electrons. The van der Waals surface area contributed by atoms with Crippen LogP contribution < -0.4 is 10.6 Å². The fraction of sp³-hybridized carbons (Fsp3) is 0.750. The lowest BCUT2D eigenvalue weighted by Gasteiger charge is -2.04. The van der Waals surface area contributed by atoms with E-state index in [9.17, 15) is 9.59 Å². The molecule has 0 aliphatic heterocycles. The van der Waals surface area contributed by atoms with Crippen LogP contribution in [0.1, 0.15) is 50.5 Å². The van der Waals surface area contributed by atoms with E-state index in [1.165, 1.54) is 37.0 Å². The highest BCUT2D eigenvalue weighted by molar-refractivity contribution is 7.15. The lowest BCUT2D eigenvalue weighted by molar-refractivity contribution is -0.122. The van der Waals surface area contributed by atoms with Gasteiger partial charge in [-0.05, 0) is 18.3 Å². The minimum Gasteiger partial charge on any atom is -0.355 e. The number of hydrogen-bond donors (Lipinski definition) is 2. The normalized spacial score (nSPS) is 23.7. The van der Waals surface area contributed by atoms with Crippen molar-refractivity contribution in [3.8, 4) is 0 Å². The average molecular weight is 336 g/mol.